The molecule has 4 rings (SSSR count). The summed E-state index contributed by atoms with van der Waals surface area (Å²) in [6, 6.07) is 9.47. The minimum Gasteiger partial charge on any atom is -0.378 e. The molecule has 1 aliphatic rings. The summed E-state index contributed by atoms with van der Waals surface area (Å²) in [4.78, 5) is 40.8. The van der Waals surface area contributed by atoms with E-state index in [0.29, 0.717) is 37.6 Å². The number of carbonyl (C=O) groups excluding carboxylic acids is 1. The first kappa shape index (κ1) is 20.8. The maximum absolute atomic E-state index is 13.2. The maximum atomic E-state index is 13.2. The molecule has 1 aliphatic heterocycles. The number of rotatable bonds is 4. The molecule has 0 aliphatic carbocycles. The Bertz CT molecular complexity index is 1160. The van der Waals surface area contributed by atoms with Crippen LogP contribution in [-0.2, 0) is 0 Å². The fourth-order valence-corrected chi connectivity index (χ4v) is 3.98. The molecule has 1 saturated heterocycles. The summed E-state index contributed by atoms with van der Waals surface area (Å²) in [5.74, 6) is 0.453. The Hall–Kier alpha value is -3.42. The van der Waals surface area contributed by atoms with Crippen LogP contribution in [0.15, 0.2) is 47.5 Å². The molecular formula is C23H28N6O2. The van der Waals surface area contributed by atoms with Crippen LogP contribution in [0.5, 0.6) is 0 Å². The summed E-state index contributed by atoms with van der Waals surface area (Å²) in [6.45, 7) is 6.18. The lowest BCUT2D eigenvalue weighted by molar-refractivity contribution is 0.0746. The highest BCUT2D eigenvalue weighted by Crippen LogP contribution is 2.20. The number of carbonyl (C=O) groups is 1. The van der Waals surface area contributed by atoms with Crippen molar-refractivity contribution in [3.63, 3.8) is 0 Å². The van der Waals surface area contributed by atoms with Crippen LogP contribution in [0.4, 0.5) is 11.5 Å². The van der Waals surface area contributed by atoms with E-state index >= 15 is 0 Å². The van der Waals surface area contributed by atoms with Gasteiger partial charge < -0.3 is 14.7 Å². The van der Waals surface area contributed by atoms with Gasteiger partial charge in [-0.3, -0.25) is 19.1 Å². The van der Waals surface area contributed by atoms with Gasteiger partial charge in [0, 0.05) is 63.8 Å². The molecule has 8 heteroatoms. The maximum Gasteiger partial charge on any atom is 0.294 e. The monoisotopic (exact) mass is 420 g/mol. The first-order valence-electron chi connectivity index (χ1n) is 10.5. The molecule has 3 aromatic rings. The number of nitrogens with zero attached hydrogens (tertiary/aromatic N) is 6. The first-order chi connectivity index (χ1) is 14.9. The van der Waals surface area contributed by atoms with Crippen LogP contribution in [0.25, 0.3) is 11.0 Å². The summed E-state index contributed by atoms with van der Waals surface area (Å²) >= 11 is 0. The Kier molecular flexibility index (Phi) is 5.63. The quantitative estimate of drug-likeness (QED) is 0.645. The molecule has 1 aromatic carbocycles. The molecule has 2 aromatic heterocycles. The highest BCUT2D eigenvalue weighted by atomic mass is 16.2. The topological polar surface area (TPSA) is 74.6 Å². The molecule has 1 amide bonds. The van der Waals surface area contributed by atoms with E-state index in [-0.39, 0.29) is 17.5 Å². The third-order valence-corrected chi connectivity index (χ3v) is 5.67. The van der Waals surface area contributed by atoms with Gasteiger partial charge in [0.2, 0.25) is 0 Å². The van der Waals surface area contributed by atoms with E-state index < -0.39 is 0 Å². The fourth-order valence-electron chi connectivity index (χ4n) is 3.98. The second-order valence-corrected chi connectivity index (χ2v) is 8.29. The van der Waals surface area contributed by atoms with Gasteiger partial charge in [-0.15, -0.1) is 0 Å². The predicted molar refractivity (Wildman–Crippen MR) is 123 cm³/mol. The lowest BCUT2D eigenvalue weighted by atomic mass is 10.1. The van der Waals surface area contributed by atoms with Crippen molar-refractivity contribution >= 4 is 28.4 Å². The molecule has 3 heterocycles. The lowest BCUT2D eigenvalue weighted by Crippen LogP contribution is -2.50. The fraction of sp³-hybridized carbons (Fsp3) is 0.391. The number of fused-ring (bicyclic) bond motifs is 1. The van der Waals surface area contributed by atoms with Crippen molar-refractivity contribution in [3.8, 4) is 0 Å². The Morgan fingerprint density at radius 2 is 1.84 bits per heavy atom. The zero-order valence-electron chi connectivity index (χ0n) is 18.4. The first-order valence-corrected chi connectivity index (χ1v) is 10.5. The van der Waals surface area contributed by atoms with E-state index in [9.17, 15) is 9.59 Å². The second-order valence-electron chi connectivity index (χ2n) is 8.29. The smallest absolute Gasteiger partial charge is 0.294 e. The van der Waals surface area contributed by atoms with Gasteiger partial charge >= 0.3 is 0 Å². The van der Waals surface area contributed by atoms with E-state index in [1.54, 1.807) is 17.0 Å². The van der Waals surface area contributed by atoms with Crippen LogP contribution in [0.2, 0.25) is 0 Å². The van der Waals surface area contributed by atoms with Gasteiger partial charge in [0.05, 0.1) is 17.2 Å². The van der Waals surface area contributed by atoms with Crippen LogP contribution < -0.4 is 15.4 Å². The summed E-state index contributed by atoms with van der Waals surface area (Å²) in [7, 11) is 3.91. The Balaban J connectivity index is 1.56. The normalized spacial score (nSPS) is 14.4. The molecule has 0 atom stereocenters. The number of amides is 1. The van der Waals surface area contributed by atoms with E-state index in [4.69, 9.17) is 0 Å². The van der Waals surface area contributed by atoms with Gasteiger partial charge in [0.15, 0.2) is 5.82 Å². The average Bonchev–Trinajstić information content (AvgIpc) is 2.78. The lowest BCUT2D eigenvalue weighted by Gasteiger charge is -2.35. The molecule has 8 nitrogen and oxygen atoms in total. The van der Waals surface area contributed by atoms with Crippen molar-refractivity contribution in [2.24, 2.45) is 0 Å². The van der Waals surface area contributed by atoms with Crippen molar-refractivity contribution in [3.05, 3.63) is 58.6 Å². The SMILES string of the molecule is CC(C)n1c(=O)c(N2CCN(C(=O)c3cccc(N(C)C)c3)CC2)nc2ccncc21. The molecule has 0 spiro atoms. The third-order valence-electron chi connectivity index (χ3n) is 5.67. The van der Waals surface area contributed by atoms with E-state index in [1.165, 1.54) is 0 Å². The van der Waals surface area contributed by atoms with Crippen molar-refractivity contribution in [2.45, 2.75) is 19.9 Å². The van der Waals surface area contributed by atoms with E-state index in [2.05, 4.69) is 9.97 Å². The van der Waals surface area contributed by atoms with Gasteiger partial charge in [0.1, 0.15) is 0 Å². The molecular weight excluding hydrogens is 392 g/mol. The second kappa shape index (κ2) is 8.37. The minimum absolute atomic E-state index is 0.00668. The van der Waals surface area contributed by atoms with Crippen molar-refractivity contribution < 1.29 is 4.79 Å². The zero-order valence-corrected chi connectivity index (χ0v) is 18.4. The molecule has 0 bridgehead atoms. The Morgan fingerprint density at radius 3 is 2.52 bits per heavy atom. The zero-order chi connectivity index (χ0) is 22.1. The largest absolute Gasteiger partial charge is 0.378 e. The van der Waals surface area contributed by atoms with Crippen LogP contribution >= 0.6 is 0 Å². The third kappa shape index (κ3) is 3.97. The van der Waals surface area contributed by atoms with Crippen molar-refractivity contribution in [1.82, 2.24) is 19.4 Å². The number of hydrogen-bond acceptors (Lipinski definition) is 6. The molecule has 0 saturated carbocycles. The Labute approximate surface area is 181 Å². The Morgan fingerprint density at radius 1 is 1.10 bits per heavy atom. The van der Waals surface area contributed by atoms with Crippen LogP contribution in [0, 0.1) is 0 Å². The molecule has 0 N–H and O–H groups in total. The van der Waals surface area contributed by atoms with Crippen LogP contribution in [0.1, 0.15) is 30.2 Å². The van der Waals surface area contributed by atoms with Gasteiger partial charge in [-0.25, -0.2) is 4.98 Å². The summed E-state index contributed by atoms with van der Waals surface area (Å²) < 4.78 is 1.74. The van der Waals surface area contributed by atoms with Crippen molar-refractivity contribution in [2.75, 3.05) is 50.1 Å². The molecule has 31 heavy (non-hydrogen) atoms. The molecule has 162 valence electrons. The van der Waals surface area contributed by atoms with Crippen LogP contribution in [-0.4, -0.2) is 65.6 Å². The van der Waals surface area contributed by atoms with Gasteiger partial charge in [-0.2, -0.15) is 0 Å². The minimum atomic E-state index is -0.117. The number of anilines is 2. The average molecular weight is 421 g/mol. The van der Waals surface area contributed by atoms with E-state index in [1.807, 2.05) is 73.0 Å². The molecule has 0 radical (unpaired) electrons. The van der Waals surface area contributed by atoms with Crippen molar-refractivity contribution in [1.29, 1.82) is 0 Å². The highest BCUT2D eigenvalue weighted by molar-refractivity contribution is 5.95. The van der Waals surface area contributed by atoms with E-state index in [0.717, 1.165) is 16.7 Å². The molecule has 0 unspecified atom stereocenters. The molecule has 1 fully saturated rings. The predicted octanol–water partition coefficient (Wildman–Crippen LogP) is 2.40. The summed E-state index contributed by atoms with van der Waals surface area (Å²) in [5, 5.41) is 0. The summed E-state index contributed by atoms with van der Waals surface area (Å²) in [6.07, 6.45) is 3.37. The number of benzene rings is 1. The van der Waals surface area contributed by atoms with Gasteiger partial charge in [0.25, 0.3) is 11.5 Å². The van der Waals surface area contributed by atoms with Gasteiger partial charge in [-0.1, -0.05) is 6.07 Å². The number of pyridine rings is 1. The number of piperazine rings is 1. The highest BCUT2D eigenvalue weighted by Gasteiger charge is 2.26. The number of aromatic nitrogens is 3. The van der Waals surface area contributed by atoms with Gasteiger partial charge in [-0.05, 0) is 38.1 Å². The standard InChI is InChI=1S/C23H28N6O2/c1-16(2)29-20-15-24-9-8-19(20)25-21(23(29)31)27-10-12-28(13-11-27)22(30)17-6-5-7-18(14-17)26(3)4/h5-9,14-16H,10-13H2,1-4H3. The van der Waals surface area contributed by atoms with Crippen LogP contribution in [0.3, 0.4) is 0 Å². The summed E-state index contributed by atoms with van der Waals surface area (Å²) in [5.41, 5.74) is 3.04. The number of hydrogen-bond donors (Lipinski definition) is 0.